The third kappa shape index (κ3) is 2.31. The minimum atomic E-state index is -0.0969. The molecule has 2 aromatic heterocycles. The highest BCUT2D eigenvalue weighted by Crippen LogP contribution is 2.12. The van der Waals surface area contributed by atoms with Crippen molar-refractivity contribution in [2.75, 3.05) is 0 Å². The van der Waals surface area contributed by atoms with Crippen molar-refractivity contribution >= 4 is 0 Å². The Hall–Kier alpha value is -2.67. The van der Waals surface area contributed by atoms with Gasteiger partial charge >= 0.3 is 0 Å². The minimum Gasteiger partial charge on any atom is -0.392 e. The lowest BCUT2D eigenvalue weighted by Gasteiger charge is -1.97. The number of aliphatic hydroxyl groups excluding tert-OH is 1. The van der Waals surface area contributed by atoms with Gasteiger partial charge in [0.05, 0.1) is 6.61 Å². The van der Waals surface area contributed by atoms with Crippen LogP contribution in [-0.4, -0.2) is 35.3 Å². The molecule has 0 bridgehead atoms. The average Bonchev–Trinajstić information content (AvgIpc) is 2.98. The molecule has 0 unspecified atom stereocenters. The fourth-order valence-electron chi connectivity index (χ4n) is 1.53. The summed E-state index contributed by atoms with van der Waals surface area (Å²) in [7, 11) is 0. The van der Waals surface area contributed by atoms with Gasteiger partial charge in [0.15, 0.2) is 0 Å². The van der Waals surface area contributed by atoms with Crippen molar-refractivity contribution in [2.24, 2.45) is 0 Å². The molecule has 0 aliphatic heterocycles. The molecule has 7 nitrogen and oxygen atoms in total. The smallest absolute Gasteiger partial charge is 0.270 e. The molecular weight excluding hydrogens is 244 g/mol. The summed E-state index contributed by atoms with van der Waals surface area (Å²) in [5.41, 5.74) is 1.51. The van der Waals surface area contributed by atoms with Gasteiger partial charge in [0.1, 0.15) is 0 Å². The summed E-state index contributed by atoms with van der Waals surface area (Å²) in [5, 5.41) is 21.0. The summed E-state index contributed by atoms with van der Waals surface area (Å²) in [6.07, 6.45) is 3.04. The normalized spacial score (nSPS) is 10.6. The van der Waals surface area contributed by atoms with Crippen LogP contribution in [0.3, 0.4) is 0 Å². The van der Waals surface area contributed by atoms with E-state index in [0.29, 0.717) is 17.3 Å². The molecule has 2 heterocycles. The number of nitrogens with zero attached hydrogens (tertiary/aromatic N) is 6. The predicted molar refractivity (Wildman–Crippen MR) is 66.1 cm³/mol. The van der Waals surface area contributed by atoms with Crippen LogP contribution < -0.4 is 0 Å². The number of rotatable bonds is 3. The van der Waals surface area contributed by atoms with Crippen LogP contribution in [0.15, 0.2) is 42.7 Å². The Kier molecular flexibility index (Phi) is 2.95. The zero-order valence-electron chi connectivity index (χ0n) is 9.88. The molecule has 0 radical (unpaired) electrons. The number of hydrogen-bond donors (Lipinski definition) is 1. The maximum absolute atomic E-state index is 8.92. The number of aliphatic hydroxyl groups is 1. The van der Waals surface area contributed by atoms with E-state index in [2.05, 4.69) is 25.4 Å². The topological polar surface area (TPSA) is 89.6 Å². The van der Waals surface area contributed by atoms with Gasteiger partial charge in [0, 0.05) is 23.5 Å². The molecule has 1 aromatic carbocycles. The van der Waals surface area contributed by atoms with Crippen LogP contribution >= 0.6 is 0 Å². The van der Waals surface area contributed by atoms with Crippen molar-refractivity contribution in [3.8, 4) is 17.3 Å². The Labute approximate surface area is 108 Å². The molecule has 0 fully saturated rings. The molecular formula is C12H10N6O. The number of hydrogen-bond acceptors (Lipinski definition) is 6. The third-order valence-electron chi connectivity index (χ3n) is 2.50. The van der Waals surface area contributed by atoms with E-state index in [1.54, 1.807) is 0 Å². The summed E-state index contributed by atoms with van der Waals surface area (Å²) in [6.45, 7) is -0.0969. The Morgan fingerprint density at radius 2 is 1.79 bits per heavy atom. The summed E-state index contributed by atoms with van der Waals surface area (Å²) >= 11 is 0. The van der Waals surface area contributed by atoms with E-state index >= 15 is 0 Å². The molecule has 94 valence electrons. The highest BCUT2D eigenvalue weighted by atomic mass is 16.3. The highest BCUT2D eigenvalue weighted by Gasteiger charge is 2.08. The Bertz CT molecular complexity index is 664. The molecule has 7 heteroatoms. The van der Waals surface area contributed by atoms with Crippen molar-refractivity contribution < 1.29 is 5.11 Å². The van der Waals surface area contributed by atoms with Gasteiger partial charge in [-0.2, -0.15) is 0 Å². The second-order valence-electron chi connectivity index (χ2n) is 3.82. The first-order valence-corrected chi connectivity index (χ1v) is 5.64. The molecule has 1 N–H and O–H groups in total. The van der Waals surface area contributed by atoms with E-state index < -0.39 is 0 Å². The van der Waals surface area contributed by atoms with Crippen LogP contribution in [0.5, 0.6) is 0 Å². The van der Waals surface area contributed by atoms with Gasteiger partial charge in [-0.05, 0) is 5.21 Å². The first-order valence-electron chi connectivity index (χ1n) is 5.64. The van der Waals surface area contributed by atoms with Gasteiger partial charge in [-0.3, -0.25) is 0 Å². The van der Waals surface area contributed by atoms with Crippen LogP contribution in [-0.2, 0) is 6.61 Å². The molecule has 19 heavy (non-hydrogen) atoms. The first kappa shape index (κ1) is 11.4. The van der Waals surface area contributed by atoms with Crippen molar-refractivity contribution in [2.45, 2.75) is 6.61 Å². The monoisotopic (exact) mass is 254 g/mol. The van der Waals surface area contributed by atoms with E-state index in [-0.39, 0.29) is 6.61 Å². The predicted octanol–water partition coefficient (Wildman–Crippen LogP) is 0.612. The summed E-state index contributed by atoms with van der Waals surface area (Å²) in [5.74, 6) is 0.822. The van der Waals surface area contributed by atoms with Gasteiger partial charge in [-0.25, -0.2) is 9.97 Å². The zero-order chi connectivity index (χ0) is 13.1. The van der Waals surface area contributed by atoms with Crippen molar-refractivity contribution in [1.82, 2.24) is 30.2 Å². The largest absolute Gasteiger partial charge is 0.392 e. The standard InChI is InChI=1S/C12H10N6O/c19-8-9-6-13-12(14-7-9)18-16-11(15-17-18)10-4-2-1-3-5-10/h1-7,19H,8H2. The van der Waals surface area contributed by atoms with E-state index in [9.17, 15) is 0 Å². The van der Waals surface area contributed by atoms with Gasteiger partial charge in [0.2, 0.25) is 5.82 Å². The lowest BCUT2D eigenvalue weighted by molar-refractivity contribution is 0.281. The molecule has 3 rings (SSSR count). The van der Waals surface area contributed by atoms with Crippen LogP contribution in [0.2, 0.25) is 0 Å². The van der Waals surface area contributed by atoms with E-state index in [4.69, 9.17) is 5.11 Å². The molecule has 0 amide bonds. The van der Waals surface area contributed by atoms with Gasteiger partial charge in [-0.1, -0.05) is 35.1 Å². The maximum Gasteiger partial charge on any atom is 0.270 e. The number of benzene rings is 1. The molecule has 0 aliphatic rings. The summed E-state index contributed by atoms with van der Waals surface area (Å²) in [4.78, 5) is 9.36. The van der Waals surface area contributed by atoms with Crippen molar-refractivity contribution in [1.29, 1.82) is 0 Å². The summed E-state index contributed by atoms with van der Waals surface area (Å²) in [6, 6.07) is 9.53. The third-order valence-corrected chi connectivity index (χ3v) is 2.50. The quantitative estimate of drug-likeness (QED) is 0.736. The molecule has 0 saturated heterocycles. The van der Waals surface area contributed by atoms with Crippen molar-refractivity contribution in [3.63, 3.8) is 0 Å². The summed E-state index contributed by atoms with van der Waals surface area (Å²) < 4.78 is 0. The minimum absolute atomic E-state index is 0.0969. The highest BCUT2D eigenvalue weighted by molar-refractivity contribution is 5.53. The van der Waals surface area contributed by atoms with Gasteiger partial charge < -0.3 is 5.11 Å². The van der Waals surface area contributed by atoms with E-state index in [1.807, 2.05) is 30.3 Å². The average molecular weight is 254 g/mol. The lowest BCUT2D eigenvalue weighted by Crippen LogP contribution is -2.05. The molecule has 3 aromatic rings. The van der Waals surface area contributed by atoms with E-state index in [0.717, 1.165) is 5.56 Å². The Morgan fingerprint density at radius 3 is 2.47 bits per heavy atom. The van der Waals surface area contributed by atoms with Crippen LogP contribution in [0.4, 0.5) is 0 Å². The lowest BCUT2D eigenvalue weighted by atomic mass is 10.2. The second kappa shape index (κ2) is 4.91. The van der Waals surface area contributed by atoms with Crippen LogP contribution in [0.1, 0.15) is 5.56 Å². The van der Waals surface area contributed by atoms with Crippen LogP contribution in [0.25, 0.3) is 17.3 Å². The van der Waals surface area contributed by atoms with Crippen LogP contribution in [0, 0.1) is 0 Å². The fourth-order valence-corrected chi connectivity index (χ4v) is 1.53. The number of tetrazole rings is 1. The maximum atomic E-state index is 8.92. The zero-order valence-corrected chi connectivity index (χ0v) is 9.88. The van der Waals surface area contributed by atoms with Gasteiger partial charge in [-0.15, -0.1) is 10.2 Å². The van der Waals surface area contributed by atoms with Crippen molar-refractivity contribution in [3.05, 3.63) is 48.3 Å². The van der Waals surface area contributed by atoms with E-state index in [1.165, 1.54) is 17.2 Å². The number of aromatic nitrogens is 6. The molecule has 0 atom stereocenters. The molecule has 0 spiro atoms. The SMILES string of the molecule is OCc1cnc(-n2nnc(-c3ccccc3)n2)nc1. The fraction of sp³-hybridized carbons (Fsp3) is 0.0833. The molecule has 0 aliphatic carbocycles. The molecule has 0 saturated carbocycles. The Balaban J connectivity index is 1.92. The Morgan fingerprint density at radius 1 is 1.05 bits per heavy atom. The second-order valence-corrected chi connectivity index (χ2v) is 3.82. The first-order chi connectivity index (χ1) is 9.36. The van der Waals surface area contributed by atoms with Gasteiger partial charge in [0.25, 0.3) is 5.95 Å².